The van der Waals surface area contributed by atoms with Crippen molar-refractivity contribution in [1.29, 1.82) is 0 Å². The van der Waals surface area contributed by atoms with Crippen molar-refractivity contribution in [2.75, 3.05) is 38.1 Å². The Balaban J connectivity index is 1.56. The second kappa shape index (κ2) is 9.06. The van der Waals surface area contributed by atoms with Gasteiger partial charge in [0.2, 0.25) is 10.0 Å². The first-order chi connectivity index (χ1) is 13.9. The molecule has 0 spiro atoms. The van der Waals surface area contributed by atoms with E-state index in [4.69, 9.17) is 4.74 Å². The number of nitrogens with one attached hydrogen (secondary N) is 1. The second-order valence-electron chi connectivity index (χ2n) is 6.43. The molecule has 1 fully saturated rings. The first-order valence-corrected chi connectivity index (χ1v) is 10.7. The predicted octanol–water partition coefficient (Wildman–Crippen LogP) is 2.40. The zero-order valence-corrected chi connectivity index (χ0v) is 16.9. The average Bonchev–Trinajstić information content (AvgIpc) is 2.75. The van der Waals surface area contributed by atoms with Crippen LogP contribution in [0.5, 0.6) is 0 Å². The Morgan fingerprint density at radius 2 is 1.59 bits per heavy atom. The van der Waals surface area contributed by atoms with Gasteiger partial charge in [0.25, 0.3) is 0 Å². The summed E-state index contributed by atoms with van der Waals surface area (Å²) in [5.41, 5.74) is 0.951. The largest absolute Gasteiger partial charge is 0.462 e. The first kappa shape index (κ1) is 20.8. The van der Waals surface area contributed by atoms with Crippen molar-refractivity contribution in [3.05, 3.63) is 60.2 Å². The van der Waals surface area contributed by atoms with Crippen LogP contribution in [0.1, 0.15) is 17.3 Å². The van der Waals surface area contributed by atoms with Crippen LogP contribution in [0.2, 0.25) is 0 Å². The number of rotatable bonds is 5. The number of urea groups is 1. The molecule has 0 aliphatic carbocycles. The minimum Gasteiger partial charge on any atom is -0.462 e. The fourth-order valence-corrected chi connectivity index (χ4v) is 4.42. The highest BCUT2D eigenvalue weighted by molar-refractivity contribution is 7.89. The quantitative estimate of drug-likeness (QED) is 0.754. The van der Waals surface area contributed by atoms with Gasteiger partial charge in [0, 0.05) is 31.9 Å². The molecule has 2 amide bonds. The Labute approximate surface area is 170 Å². The molecule has 8 nitrogen and oxygen atoms in total. The number of nitrogens with zero attached hydrogens (tertiary/aromatic N) is 2. The third-order valence-corrected chi connectivity index (χ3v) is 6.47. The van der Waals surface area contributed by atoms with Gasteiger partial charge in [-0.2, -0.15) is 4.31 Å². The van der Waals surface area contributed by atoms with E-state index in [0.717, 1.165) is 0 Å². The summed E-state index contributed by atoms with van der Waals surface area (Å²) in [7, 11) is -3.56. The highest BCUT2D eigenvalue weighted by atomic mass is 32.2. The third-order valence-electron chi connectivity index (χ3n) is 4.55. The Morgan fingerprint density at radius 3 is 2.17 bits per heavy atom. The summed E-state index contributed by atoms with van der Waals surface area (Å²) in [5.74, 6) is -0.416. The molecular formula is C20H23N3O5S. The second-order valence-corrected chi connectivity index (χ2v) is 8.37. The number of hydrogen-bond acceptors (Lipinski definition) is 5. The molecule has 0 radical (unpaired) electrons. The monoisotopic (exact) mass is 417 g/mol. The number of amides is 2. The maximum Gasteiger partial charge on any atom is 0.338 e. The van der Waals surface area contributed by atoms with Crippen molar-refractivity contribution in [1.82, 2.24) is 9.21 Å². The van der Waals surface area contributed by atoms with Gasteiger partial charge in [0.15, 0.2) is 0 Å². The summed E-state index contributed by atoms with van der Waals surface area (Å²) in [5, 5.41) is 2.76. The zero-order valence-electron chi connectivity index (χ0n) is 16.1. The summed E-state index contributed by atoms with van der Waals surface area (Å²) in [6.07, 6.45) is 0. The number of benzene rings is 2. The standard InChI is InChI=1S/C20H23N3O5S/c1-2-28-19(24)16-8-10-17(11-9-16)21-20(25)22-12-14-23(15-13-22)29(26,27)18-6-4-3-5-7-18/h3-11H,2,12-15H2,1H3,(H,21,25). The molecule has 0 saturated carbocycles. The summed E-state index contributed by atoms with van der Waals surface area (Å²) >= 11 is 0. The molecule has 2 aromatic rings. The Hall–Kier alpha value is -2.91. The van der Waals surface area contributed by atoms with E-state index in [1.807, 2.05) is 0 Å². The van der Waals surface area contributed by atoms with Gasteiger partial charge in [0.1, 0.15) is 0 Å². The summed E-state index contributed by atoms with van der Waals surface area (Å²) < 4.78 is 31.6. The van der Waals surface area contributed by atoms with Gasteiger partial charge in [0.05, 0.1) is 17.1 Å². The molecule has 154 valence electrons. The highest BCUT2D eigenvalue weighted by Crippen LogP contribution is 2.18. The SMILES string of the molecule is CCOC(=O)c1ccc(NC(=O)N2CCN(S(=O)(=O)c3ccccc3)CC2)cc1. The lowest BCUT2D eigenvalue weighted by molar-refractivity contribution is 0.0526. The molecule has 9 heteroatoms. The molecule has 0 unspecified atom stereocenters. The van der Waals surface area contributed by atoms with E-state index in [9.17, 15) is 18.0 Å². The van der Waals surface area contributed by atoms with E-state index >= 15 is 0 Å². The van der Waals surface area contributed by atoms with Crippen LogP contribution in [-0.2, 0) is 14.8 Å². The third kappa shape index (κ3) is 4.93. The van der Waals surface area contributed by atoms with Crippen LogP contribution in [0.15, 0.2) is 59.5 Å². The molecule has 0 bridgehead atoms. The average molecular weight is 417 g/mol. The molecule has 1 aliphatic rings. The molecular weight excluding hydrogens is 394 g/mol. The Morgan fingerprint density at radius 1 is 0.966 bits per heavy atom. The van der Waals surface area contributed by atoms with Crippen molar-refractivity contribution in [3.63, 3.8) is 0 Å². The van der Waals surface area contributed by atoms with E-state index < -0.39 is 16.0 Å². The van der Waals surface area contributed by atoms with Crippen molar-refractivity contribution in [2.24, 2.45) is 0 Å². The highest BCUT2D eigenvalue weighted by Gasteiger charge is 2.30. The van der Waals surface area contributed by atoms with Crippen LogP contribution in [0.3, 0.4) is 0 Å². The molecule has 1 heterocycles. The van der Waals surface area contributed by atoms with Crippen molar-refractivity contribution < 1.29 is 22.7 Å². The van der Waals surface area contributed by atoms with Crippen molar-refractivity contribution >= 4 is 27.7 Å². The van der Waals surface area contributed by atoms with E-state index in [2.05, 4.69) is 5.32 Å². The Bertz CT molecular complexity index is 953. The van der Waals surface area contributed by atoms with Crippen LogP contribution in [0.25, 0.3) is 0 Å². The minimum absolute atomic E-state index is 0.229. The molecule has 0 atom stereocenters. The smallest absolute Gasteiger partial charge is 0.338 e. The number of esters is 1. The van der Waals surface area contributed by atoms with E-state index in [0.29, 0.717) is 30.9 Å². The number of carbonyl (C=O) groups is 2. The maximum absolute atomic E-state index is 12.7. The zero-order chi connectivity index (χ0) is 20.9. The summed E-state index contributed by atoms with van der Waals surface area (Å²) in [6.45, 7) is 3.07. The number of piperazine rings is 1. The van der Waals surface area contributed by atoms with Gasteiger partial charge in [-0.25, -0.2) is 18.0 Å². The fourth-order valence-electron chi connectivity index (χ4n) is 2.98. The van der Waals surface area contributed by atoms with Gasteiger partial charge in [-0.15, -0.1) is 0 Å². The van der Waals surface area contributed by atoms with E-state index in [1.165, 1.54) is 4.31 Å². The minimum atomic E-state index is -3.56. The van der Waals surface area contributed by atoms with Crippen LogP contribution in [0, 0.1) is 0 Å². The first-order valence-electron chi connectivity index (χ1n) is 9.30. The number of anilines is 1. The van der Waals surface area contributed by atoms with Gasteiger partial charge < -0.3 is 15.0 Å². The van der Waals surface area contributed by atoms with Gasteiger partial charge >= 0.3 is 12.0 Å². The number of carbonyl (C=O) groups excluding carboxylic acids is 2. The van der Waals surface area contributed by atoms with E-state index in [1.54, 1.807) is 66.4 Å². The molecule has 1 N–H and O–H groups in total. The van der Waals surface area contributed by atoms with Crippen LogP contribution in [0.4, 0.5) is 10.5 Å². The number of ether oxygens (including phenoxy) is 1. The van der Waals surface area contributed by atoms with Gasteiger partial charge in [-0.3, -0.25) is 0 Å². The topological polar surface area (TPSA) is 96.0 Å². The molecule has 1 saturated heterocycles. The fraction of sp³-hybridized carbons (Fsp3) is 0.300. The lowest BCUT2D eigenvalue weighted by Crippen LogP contribution is -2.51. The van der Waals surface area contributed by atoms with Crippen molar-refractivity contribution in [3.8, 4) is 0 Å². The normalized spacial score (nSPS) is 15.0. The lowest BCUT2D eigenvalue weighted by atomic mass is 10.2. The molecule has 29 heavy (non-hydrogen) atoms. The summed E-state index contributed by atoms with van der Waals surface area (Å²) in [6, 6.07) is 14.4. The molecule has 3 rings (SSSR count). The van der Waals surface area contributed by atoms with E-state index in [-0.39, 0.29) is 24.0 Å². The maximum atomic E-state index is 12.7. The molecule has 0 aromatic heterocycles. The van der Waals surface area contributed by atoms with Crippen LogP contribution >= 0.6 is 0 Å². The van der Waals surface area contributed by atoms with Crippen molar-refractivity contribution in [2.45, 2.75) is 11.8 Å². The predicted molar refractivity (Wildman–Crippen MR) is 108 cm³/mol. The summed E-state index contributed by atoms with van der Waals surface area (Å²) in [4.78, 5) is 26.0. The lowest BCUT2D eigenvalue weighted by Gasteiger charge is -2.34. The van der Waals surface area contributed by atoms with Crippen LogP contribution < -0.4 is 5.32 Å². The number of hydrogen-bond donors (Lipinski definition) is 1. The van der Waals surface area contributed by atoms with Crippen LogP contribution in [-0.4, -0.2) is 62.4 Å². The Kier molecular flexibility index (Phi) is 6.50. The van der Waals surface area contributed by atoms with Gasteiger partial charge in [-0.1, -0.05) is 18.2 Å². The molecule has 1 aliphatic heterocycles. The number of sulfonamides is 1. The van der Waals surface area contributed by atoms with Gasteiger partial charge in [-0.05, 0) is 43.3 Å². The molecule has 2 aromatic carbocycles.